The van der Waals surface area contributed by atoms with Crippen molar-refractivity contribution < 1.29 is 14.6 Å². The van der Waals surface area contributed by atoms with Crippen molar-refractivity contribution in [3.63, 3.8) is 0 Å². The van der Waals surface area contributed by atoms with E-state index in [2.05, 4.69) is 5.32 Å². The number of piperidine rings is 1. The summed E-state index contributed by atoms with van der Waals surface area (Å²) in [6, 6.07) is 10.0. The van der Waals surface area contributed by atoms with E-state index in [9.17, 15) is 9.90 Å². The van der Waals surface area contributed by atoms with E-state index in [0.717, 1.165) is 24.8 Å². The number of benzene rings is 1. The molecule has 5 heteroatoms. The monoisotopic (exact) mass is 276 g/mol. The molecule has 1 aromatic carbocycles. The number of nitrogens with zero attached hydrogens (tertiary/aromatic N) is 1. The Bertz CT molecular complexity index is 467. The van der Waals surface area contributed by atoms with Gasteiger partial charge in [0.1, 0.15) is 5.66 Å². The van der Waals surface area contributed by atoms with Crippen LogP contribution in [0.3, 0.4) is 0 Å². The smallest absolute Gasteiger partial charge is 0.409 e. The topological polar surface area (TPSA) is 61.8 Å². The first kappa shape index (κ1) is 13.4. The Morgan fingerprint density at radius 2 is 2.25 bits per heavy atom. The molecule has 2 heterocycles. The average molecular weight is 276 g/mol. The Morgan fingerprint density at radius 3 is 3.00 bits per heavy atom. The van der Waals surface area contributed by atoms with Crippen molar-refractivity contribution in [2.24, 2.45) is 0 Å². The van der Waals surface area contributed by atoms with Crippen molar-refractivity contribution in [3.8, 4) is 0 Å². The van der Waals surface area contributed by atoms with Crippen LogP contribution in [-0.4, -0.2) is 41.0 Å². The lowest BCUT2D eigenvalue weighted by Gasteiger charge is -2.53. The van der Waals surface area contributed by atoms with Gasteiger partial charge in [0.05, 0.1) is 19.3 Å². The van der Waals surface area contributed by atoms with Crippen LogP contribution >= 0.6 is 0 Å². The zero-order valence-electron chi connectivity index (χ0n) is 11.4. The van der Waals surface area contributed by atoms with Crippen LogP contribution in [0.1, 0.15) is 24.8 Å². The molecule has 2 bridgehead atoms. The Balaban J connectivity index is 1.78. The normalized spacial score (nSPS) is 29.2. The zero-order valence-corrected chi connectivity index (χ0v) is 11.4. The maximum absolute atomic E-state index is 11.6. The lowest BCUT2D eigenvalue weighted by Crippen LogP contribution is -2.71. The number of carbonyl (C=O) groups is 1. The summed E-state index contributed by atoms with van der Waals surface area (Å²) in [5.41, 5.74) is 0.586. The fraction of sp³-hybridized carbons (Fsp3) is 0.533. The molecule has 0 saturated carbocycles. The number of fused-ring (bicyclic) bond motifs is 2. The van der Waals surface area contributed by atoms with Gasteiger partial charge < -0.3 is 9.84 Å². The van der Waals surface area contributed by atoms with Crippen LogP contribution in [0.5, 0.6) is 0 Å². The van der Waals surface area contributed by atoms with Crippen molar-refractivity contribution in [1.82, 2.24) is 10.2 Å². The highest BCUT2D eigenvalue weighted by atomic mass is 16.5. The molecule has 0 spiro atoms. The molecule has 2 unspecified atom stereocenters. The molecule has 5 nitrogen and oxygen atoms in total. The molecule has 0 aromatic heterocycles. The number of hydrogen-bond acceptors (Lipinski definition) is 3. The Labute approximate surface area is 118 Å². The molecule has 2 aliphatic rings. The van der Waals surface area contributed by atoms with E-state index >= 15 is 0 Å². The van der Waals surface area contributed by atoms with Crippen molar-refractivity contribution in [3.05, 3.63) is 35.9 Å². The molecule has 108 valence electrons. The molecule has 2 atom stereocenters. The van der Waals surface area contributed by atoms with E-state index in [-0.39, 0.29) is 6.04 Å². The summed E-state index contributed by atoms with van der Waals surface area (Å²) in [6.45, 7) is 1.60. The average Bonchev–Trinajstić information content (AvgIpc) is 2.45. The van der Waals surface area contributed by atoms with Crippen molar-refractivity contribution in [1.29, 1.82) is 0 Å². The van der Waals surface area contributed by atoms with E-state index in [1.165, 1.54) is 0 Å². The number of carboxylic acid groups (broad SMARTS) is 1. The summed E-state index contributed by atoms with van der Waals surface area (Å²) in [4.78, 5) is 13.2. The molecule has 2 saturated heterocycles. The molecule has 20 heavy (non-hydrogen) atoms. The third-order valence-electron chi connectivity index (χ3n) is 4.28. The first-order chi connectivity index (χ1) is 9.71. The lowest BCUT2D eigenvalue weighted by atomic mass is 9.89. The van der Waals surface area contributed by atoms with E-state index in [1.807, 2.05) is 30.3 Å². The zero-order chi connectivity index (χ0) is 14.0. The quantitative estimate of drug-likeness (QED) is 0.887. The maximum atomic E-state index is 11.6. The molecular formula is C15H20N2O3. The first-order valence-electron chi connectivity index (χ1n) is 7.10. The van der Waals surface area contributed by atoms with Gasteiger partial charge in [-0.1, -0.05) is 30.3 Å². The fourth-order valence-electron chi connectivity index (χ4n) is 3.32. The minimum atomic E-state index is -0.849. The first-order valence-corrected chi connectivity index (χ1v) is 7.10. The number of nitrogens with one attached hydrogen (secondary N) is 1. The lowest BCUT2D eigenvalue weighted by molar-refractivity contribution is -0.129. The van der Waals surface area contributed by atoms with Crippen LogP contribution in [0.15, 0.2) is 30.3 Å². The summed E-state index contributed by atoms with van der Waals surface area (Å²) in [5, 5.41) is 13.0. The van der Waals surface area contributed by atoms with Crippen LogP contribution < -0.4 is 5.32 Å². The van der Waals surface area contributed by atoms with Gasteiger partial charge >= 0.3 is 6.09 Å². The highest BCUT2D eigenvalue weighted by Crippen LogP contribution is 2.34. The Hall–Kier alpha value is -1.59. The highest BCUT2D eigenvalue weighted by Gasteiger charge is 2.49. The molecule has 0 radical (unpaired) electrons. The molecular weight excluding hydrogens is 256 g/mol. The largest absolute Gasteiger partial charge is 0.465 e. The molecule has 2 N–H and O–H groups in total. The second-order valence-electron chi connectivity index (χ2n) is 5.58. The van der Waals surface area contributed by atoms with Crippen LogP contribution in [0.25, 0.3) is 0 Å². The van der Waals surface area contributed by atoms with Gasteiger partial charge in [0.15, 0.2) is 0 Å². The van der Waals surface area contributed by atoms with E-state index in [1.54, 1.807) is 4.90 Å². The van der Waals surface area contributed by atoms with Crippen LogP contribution in [0.4, 0.5) is 4.79 Å². The molecule has 1 aromatic rings. The number of ether oxygens (including phenoxy) is 1. The molecule has 2 aliphatic heterocycles. The van der Waals surface area contributed by atoms with Crippen LogP contribution in [-0.2, 0) is 11.3 Å². The molecule has 2 fully saturated rings. The van der Waals surface area contributed by atoms with Crippen molar-refractivity contribution in [2.75, 3.05) is 13.2 Å². The fourth-order valence-corrected chi connectivity index (χ4v) is 3.32. The third-order valence-corrected chi connectivity index (χ3v) is 4.28. The number of morpholine rings is 1. The van der Waals surface area contributed by atoms with E-state index in [0.29, 0.717) is 19.8 Å². The summed E-state index contributed by atoms with van der Waals surface area (Å²) >= 11 is 0. The summed E-state index contributed by atoms with van der Waals surface area (Å²) in [7, 11) is 0. The SMILES string of the molecule is O=C(O)N1C2CCCC1(NCc1ccccc1)COC2. The van der Waals surface area contributed by atoms with Gasteiger partial charge in [0.2, 0.25) is 0 Å². The Morgan fingerprint density at radius 1 is 1.45 bits per heavy atom. The van der Waals surface area contributed by atoms with E-state index < -0.39 is 11.8 Å². The highest BCUT2D eigenvalue weighted by molar-refractivity contribution is 5.67. The third kappa shape index (κ3) is 2.39. The Kier molecular flexibility index (Phi) is 3.63. The minimum Gasteiger partial charge on any atom is -0.465 e. The van der Waals surface area contributed by atoms with Crippen molar-refractivity contribution in [2.45, 2.75) is 37.5 Å². The predicted octanol–water partition coefficient (Wildman–Crippen LogP) is 2.04. The van der Waals surface area contributed by atoms with Crippen molar-refractivity contribution >= 4 is 6.09 Å². The summed E-state index contributed by atoms with van der Waals surface area (Å²) < 4.78 is 5.64. The van der Waals surface area contributed by atoms with Gasteiger partial charge in [0, 0.05) is 6.54 Å². The van der Waals surface area contributed by atoms with Crippen LogP contribution in [0.2, 0.25) is 0 Å². The van der Waals surface area contributed by atoms with Gasteiger partial charge in [0.25, 0.3) is 0 Å². The van der Waals surface area contributed by atoms with Gasteiger partial charge in [-0.2, -0.15) is 0 Å². The number of rotatable bonds is 3. The molecule has 3 rings (SSSR count). The number of amides is 1. The predicted molar refractivity (Wildman–Crippen MR) is 74.3 cm³/mol. The molecule has 1 amide bonds. The van der Waals surface area contributed by atoms with Gasteiger partial charge in [-0.3, -0.25) is 10.2 Å². The standard InChI is InChI=1S/C15H20N2O3/c18-14(19)17-13-7-4-8-15(17,11-20-10-13)16-9-12-5-2-1-3-6-12/h1-3,5-6,13,16H,4,7-11H2,(H,18,19). The number of hydrogen-bond donors (Lipinski definition) is 2. The van der Waals surface area contributed by atoms with E-state index in [4.69, 9.17) is 4.74 Å². The minimum absolute atomic E-state index is 0.0155. The molecule has 0 aliphatic carbocycles. The second kappa shape index (κ2) is 5.42. The van der Waals surface area contributed by atoms with Gasteiger partial charge in [-0.05, 0) is 24.8 Å². The summed E-state index contributed by atoms with van der Waals surface area (Å²) in [6.07, 6.45) is 1.89. The van der Waals surface area contributed by atoms with Gasteiger partial charge in [-0.15, -0.1) is 0 Å². The maximum Gasteiger partial charge on any atom is 0.409 e. The summed E-state index contributed by atoms with van der Waals surface area (Å²) in [5.74, 6) is 0. The van der Waals surface area contributed by atoms with Crippen LogP contribution in [0, 0.1) is 0 Å². The van der Waals surface area contributed by atoms with Gasteiger partial charge in [-0.25, -0.2) is 4.79 Å². The second-order valence-corrected chi connectivity index (χ2v) is 5.58.